The monoisotopic (exact) mass is 341 g/mol. The summed E-state index contributed by atoms with van der Waals surface area (Å²) >= 11 is 0. The molecule has 0 spiro atoms. The average molecular weight is 341 g/mol. The van der Waals surface area contributed by atoms with Crippen LogP contribution in [0.4, 0.5) is 13.2 Å². The topological polar surface area (TPSA) is 67.2 Å². The van der Waals surface area contributed by atoms with E-state index in [2.05, 4.69) is 10.4 Å². The van der Waals surface area contributed by atoms with Gasteiger partial charge in [0, 0.05) is 18.3 Å². The van der Waals surface area contributed by atoms with Gasteiger partial charge in [0.1, 0.15) is 0 Å². The van der Waals surface area contributed by atoms with E-state index in [9.17, 15) is 23.1 Å². The number of aromatic nitrogens is 2. The molecule has 0 radical (unpaired) electrons. The Morgan fingerprint density at radius 2 is 1.96 bits per heavy atom. The number of benzene rings is 1. The zero-order chi connectivity index (χ0) is 17.7. The van der Waals surface area contributed by atoms with E-state index in [1.165, 1.54) is 30.5 Å². The summed E-state index contributed by atoms with van der Waals surface area (Å²) < 4.78 is 38.7. The van der Waals surface area contributed by atoms with E-state index in [1.807, 2.05) is 6.92 Å². The molecule has 2 N–H and O–H groups in total. The predicted octanol–water partition coefficient (Wildman–Crippen LogP) is 2.78. The number of amides is 1. The molecule has 5 nitrogen and oxygen atoms in total. The Morgan fingerprint density at radius 3 is 2.50 bits per heavy atom. The standard InChI is InChI=1S/C16H18F3N3O2/c1-2-3-13(23)10-20-15(24)11-4-6-12(7-5-11)22-9-8-14(21-22)16(17,18)19/h4-9,13,23H,2-3,10H2,1H3,(H,20,24). The molecular weight excluding hydrogens is 323 g/mol. The lowest BCUT2D eigenvalue weighted by Gasteiger charge is -2.11. The number of carbonyl (C=O) groups is 1. The van der Waals surface area contributed by atoms with Crippen LogP contribution in [0.1, 0.15) is 35.8 Å². The summed E-state index contributed by atoms with van der Waals surface area (Å²) in [5.41, 5.74) is -0.215. The highest BCUT2D eigenvalue weighted by Gasteiger charge is 2.33. The number of hydrogen-bond acceptors (Lipinski definition) is 3. The first-order valence-corrected chi connectivity index (χ1v) is 7.51. The summed E-state index contributed by atoms with van der Waals surface area (Å²) in [6, 6.07) is 6.88. The summed E-state index contributed by atoms with van der Waals surface area (Å²) in [5.74, 6) is -0.354. The maximum absolute atomic E-state index is 12.5. The summed E-state index contributed by atoms with van der Waals surface area (Å²) in [6.07, 6.45) is -2.47. The lowest BCUT2D eigenvalue weighted by Crippen LogP contribution is -2.31. The van der Waals surface area contributed by atoms with Crippen LogP contribution in [0, 0.1) is 0 Å². The SMILES string of the molecule is CCCC(O)CNC(=O)c1ccc(-n2ccc(C(F)(F)F)n2)cc1. The van der Waals surface area contributed by atoms with E-state index < -0.39 is 18.0 Å². The molecule has 24 heavy (non-hydrogen) atoms. The van der Waals surface area contributed by atoms with Gasteiger partial charge in [0.2, 0.25) is 0 Å². The van der Waals surface area contributed by atoms with Gasteiger partial charge in [-0.15, -0.1) is 0 Å². The molecule has 0 aliphatic carbocycles. The highest BCUT2D eigenvalue weighted by molar-refractivity contribution is 5.94. The zero-order valence-electron chi connectivity index (χ0n) is 13.0. The molecule has 0 aliphatic rings. The Kier molecular flexibility index (Phi) is 5.61. The fraction of sp³-hybridized carbons (Fsp3) is 0.375. The van der Waals surface area contributed by atoms with Crippen LogP contribution in [-0.2, 0) is 6.18 Å². The molecular formula is C16H18F3N3O2. The van der Waals surface area contributed by atoms with E-state index in [1.54, 1.807) is 0 Å². The molecule has 0 aliphatic heterocycles. The number of aliphatic hydroxyl groups excluding tert-OH is 1. The van der Waals surface area contributed by atoms with Gasteiger partial charge in [0.15, 0.2) is 5.69 Å². The fourth-order valence-electron chi connectivity index (χ4n) is 2.13. The van der Waals surface area contributed by atoms with Crippen LogP contribution in [0.3, 0.4) is 0 Å². The number of aliphatic hydroxyl groups is 1. The predicted molar refractivity (Wildman–Crippen MR) is 81.8 cm³/mol. The molecule has 0 bridgehead atoms. The maximum Gasteiger partial charge on any atom is 0.435 e. The van der Waals surface area contributed by atoms with Crippen LogP contribution in [0.15, 0.2) is 36.5 Å². The third-order valence-electron chi connectivity index (χ3n) is 3.39. The Hall–Kier alpha value is -2.35. The summed E-state index contributed by atoms with van der Waals surface area (Å²) in [6.45, 7) is 2.09. The van der Waals surface area contributed by atoms with Gasteiger partial charge in [-0.3, -0.25) is 4.79 Å². The highest BCUT2D eigenvalue weighted by Crippen LogP contribution is 2.27. The van der Waals surface area contributed by atoms with Crippen LogP contribution < -0.4 is 5.32 Å². The van der Waals surface area contributed by atoms with Crippen LogP contribution in [0.5, 0.6) is 0 Å². The number of hydrogen-bond donors (Lipinski definition) is 2. The second-order valence-corrected chi connectivity index (χ2v) is 5.34. The number of nitrogens with zero attached hydrogens (tertiary/aromatic N) is 2. The van der Waals surface area contributed by atoms with Crippen LogP contribution >= 0.6 is 0 Å². The highest BCUT2D eigenvalue weighted by atomic mass is 19.4. The van der Waals surface area contributed by atoms with Crippen LogP contribution in [-0.4, -0.2) is 33.4 Å². The zero-order valence-corrected chi connectivity index (χ0v) is 13.0. The van der Waals surface area contributed by atoms with Gasteiger partial charge in [-0.05, 0) is 36.8 Å². The first-order chi connectivity index (χ1) is 11.3. The van der Waals surface area contributed by atoms with Crippen molar-refractivity contribution >= 4 is 5.91 Å². The lowest BCUT2D eigenvalue weighted by atomic mass is 10.1. The summed E-state index contributed by atoms with van der Waals surface area (Å²) in [5, 5.41) is 15.7. The molecule has 1 unspecified atom stereocenters. The van der Waals surface area contributed by atoms with E-state index in [0.29, 0.717) is 17.7 Å². The van der Waals surface area contributed by atoms with Gasteiger partial charge < -0.3 is 10.4 Å². The number of carbonyl (C=O) groups excluding carboxylic acids is 1. The molecule has 1 atom stereocenters. The molecule has 1 heterocycles. The summed E-state index contributed by atoms with van der Waals surface area (Å²) in [7, 11) is 0. The number of alkyl halides is 3. The largest absolute Gasteiger partial charge is 0.435 e. The molecule has 1 aromatic carbocycles. The molecule has 130 valence electrons. The van der Waals surface area contributed by atoms with Crippen LogP contribution in [0.25, 0.3) is 5.69 Å². The third kappa shape index (κ3) is 4.58. The molecule has 2 aromatic rings. The normalized spacial score (nSPS) is 12.9. The molecule has 1 aromatic heterocycles. The van der Waals surface area contributed by atoms with Crippen molar-refractivity contribution in [3.05, 3.63) is 47.8 Å². The molecule has 2 rings (SSSR count). The maximum atomic E-state index is 12.5. The van der Waals surface area contributed by atoms with Gasteiger partial charge in [-0.1, -0.05) is 13.3 Å². The van der Waals surface area contributed by atoms with Crippen molar-refractivity contribution in [2.45, 2.75) is 32.0 Å². The van der Waals surface area contributed by atoms with Gasteiger partial charge in [-0.2, -0.15) is 18.3 Å². The Labute approximate surface area is 137 Å². The lowest BCUT2D eigenvalue weighted by molar-refractivity contribution is -0.141. The van der Waals surface area contributed by atoms with Gasteiger partial charge in [-0.25, -0.2) is 4.68 Å². The Balaban J connectivity index is 2.02. The molecule has 0 saturated heterocycles. The molecule has 0 fully saturated rings. The quantitative estimate of drug-likeness (QED) is 0.849. The Bertz CT molecular complexity index is 681. The van der Waals surface area contributed by atoms with Gasteiger partial charge >= 0.3 is 6.18 Å². The summed E-state index contributed by atoms with van der Waals surface area (Å²) in [4.78, 5) is 11.9. The minimum atomic E-state index is -4.50. The number of nitrogens with one attached hydrogen (secondary N) is 1. The van der Waals surface area contributed by atoms with Crippen molar-refractivity contribution in [1.82, 2.24) is 15.1 Å². The average Bonchev–Trinajstić information content (AvgIpc) is 3.03. The molecule has 8 heteroatoms. The van der Waals surface area contributed by atoms with Crippen molar-refractivity contribution in [2.75, 3.05) is 6.54 Å². The second kappa shape index (κ2) is 7.48. The van der Waals surface area contributed by atoms with E-state index in [-0.39, 0.29) is 12.5 Å². The van der Waals surface area contributed by atoms with E-state index in [4.69, 9.17) is 0 Å². The molecule has 1 amide bonds. The van der Waals surface area contributed by atoms with Crippen molar-refractivity contribution < 1.29 is 23.1 Å². The van der Waals surface area contributed by atoms with Crippen molar-refractivity contribution in [3.63, 3.8) is 0 Å². The van der Waals surface area contributed by atoms with E-state index in [0.717, 1.165) is 17.2 Å². The first kappa shape index (κ1) is 18.0. The fourth-order valence-corrected chi connectivity index (χ4v) is 2.13. The Morgan fingerprint density at radius 1 is 1.29 bits per heavy atom. The third-order valence-corrected chi connectivity index (χ3v) is 3.39. The van der Waals surface area contributed by atoms with Gasteiger partial charge in [0.05, 0.1) is 11.8 Å². The number of rotatable bonds is 6. The van der Waals surface area contributed by atoms with Crippen LogP contribution in [0.2, 0.25) is 0 Å². The van der Waals surface area contributed by atoms with Crippen molar-refractivity contribution in [1.29, 1.82) is 0 Å². The minimum absolute atomic E-state index is 0.155. The molecule has 0 saturated carbocycles. The van der Waals surface area contributed by atoms with Crippen molar-refractivity contribution in [3.8, 4) is 5.69 Å². The second-order valence-electron chi connectivity index (χ2n) is 5.34. The number of halogens is 3. The smallest absolute Gasteiger partial charge is 0.391 e. The van der Waals surface area contributed by atoms with E-state index >= 15 is 0 Å². The van der Waals surface area contributed by atoms with Crippen molar-refractivity contribution in [2.24, 2.45) is 0 Å². The minimum Gasteiger partial charge on any atom is -0.391 e. The first-order valence-electron chi connectivity index (χ1n) is 7.51. The van der Waals surface area contributed by atoms with Gasteiger partial charge in [0.25, 0.3) is 5.91 Å².